The molecule has 228 valence electrons. The van der Waals surface area contributed by atoms with Crippen LogP contribution in [-0.2, 0) is 5.41 Å². The molecule has 1 saturated heterocycles. The number of nitrogens with two attached hydrogens (primary N) is 2. The fourth-order valence-corrected chi connectivity index (χ4v) is 6.45. The SMILES string of the molecule is CCOc1ccc(C(=O)NC[C@@H]2N=C(N)N3CC(NC(=O)c4cccc5c4OCCC5(C)C)[C@@H](O)[C@@]34NC(N)=N[C@@H]24)nc1. The summed E-state index contributed by atoms with van der Waals surface area (Å²) >= 11 is 0. The molecule has 4 aliphatic rings. The van der Waals surface area contributed by atoms with Crippen molar-refractivity contribution < 1.29 is 24.2 Å². The fraction of sp³-hybridized carbons (Fsp3) is 0.483. The molecule has 14 heteroatoms. The Bertz CT molecular complexity index is 1490. The Morgan fingerprint density at radius 3 is 2.77 bits per heavy atom. The first kappa shape index (κ1) is 28.5. The lowest BCUT2D eigenvalue weighted by molar-refractivity contribution is 0.0143. The van der Waals surface area contributed by atoms with Gasteiger partial charge in [-0.2, -0.15) is 0 Å². The Morgan fingerprint density at radius 1 is 1.21 bits per heavy atom. The van der Waals surface area contributed by atoms with Crippen LogP contribution in [-0.4, -0.2) is 94.9 Å². The third kappa shape index (κ3) is 4.75. The van der Waals surface area contributed by atoms with Crippen molar-refractivity contribution in [2.45, 2.75) is 62.5 Å². The number of carbonyl (C=O) groups excluding carboxylic acids is 2. The molecule has 5 heterocycles. The number of aliphatic imine (C=N–C) groups is 2. The average Bonchev–Trinajstić information content (AvgIpc) is 3.47. The standard InChI is InChI=1S/C29H37N9O5/c1-4-42-15-8-9-18(32-12-15)25(41)33-13-19-22-29(37-26(30)36-22)23(39)20(14-38(29)27(31)35-19)34-24(40)16-6-5-7-17-21(16)43-11-10-28(17,2)3/h5-9,12,19-20,22-23,39H,4,10-11,13-14H2,1-3H3,(H2,31,35)(H,33,41)(H,34,40)(H3,30,36,37)/t19-,20?,22-,23+,29-/m0/s1. The molecule has 0 saturated carbocycles. The van der Waals surface area contributed by atoms with Gasteiger partial charge < -0.3 is 46.9 Å². The molecule has 2 aromatic rings. The maximum atomic E-state index is 13.6. The summed E-state index contributed by atoms with van der Waals surface area (Å²) in [4.78, 5) is 41.4. The number of para-hydroxylation sites is 1. The van der Waals surface area contributed by atoms with Crippen LogP contribution in [0.25, 0.3) is 0 Å². The van der Waals surface area contributed by atoms with Gasteiger partial charge in [0.1, 0.15) is 29.3 Å². The number of guanidine groups is 2. The average molecular weight is 592 g/mol. The number of fused-ring (bicyclic) bond motifs is 1. The number of carbonyl (C=O) groups is 2. The van der Waals surface area contributed by atoms with Gasteiger partial charge in [-0.15, -0.1) is 0 Å². The minimum atomic E-state index is -1.27. The first-order valence-corrected chi connectivity index (χ1v) is 14.4. The number of hydrogen-bond acceptors (Lipinski definition) is 12. The Labute approximate surface area is 248 Å². The van der Waals surface area contributed by atoms with E-state index in [1.807, 2.05) is 19.1 Å². The van der Waals surface area contributed by atoms with Crippen molar-refractivity contribution in [3.8, 4) is 11.5 Å². The molecule has 4 aliphatic heterocycles. The Balaban J connectivity index is 1.20. The van der Waals surface area contributed by atoms with Gasteiger partial charge in [-0.1, -0.05) is 26.0 Å². The number of nitrogens with one attached hydrogen (secondary N) is 3. The molecular weight excluding hydrogens is 554 g/mol. The van der Waals surface area contributed by atoms with Crippen LogP contribution in [0.2, 0.25) is 0 Å². The molecule has 6 rings (SSSR count). The lowest BCUT2D eigenvalue weighted by atomic mass is 9.79. The molecule has 2 amide bonds. The molecule has 1 aromatic heterocycles. The third-order valence-electron chi connectivity index (χ3n) is 8.68. The van der Waals surface area contributed by atoms with Gasteiger partial charge in [-0.3, -0.25) is 9.59 Å². The largest absolute Gasteiger partial charge is 0.492 e. The summed E-state index contributed by atoms with van der Waals surface area (Å²) in [6.45, 7) is 7.32. The number of nitrogens with zero attached hydrogens (tertiary/aromatic N) is 4. The van der Waals surface area contributed by atoms with Crippen molar-refractivity contribution >= 4 is 23.7 Å². The molecule has 1 fully saturated rings. The molecule has 1 unspecified atom stereocenters. The molecule has 1 aromatic carbocycles. The second kappa shape index (κ2) is 10.6. The summed E-state index contributed by atoms with van der Waals surface area (Å²) in [7, 11) is 0. The van der Waals surface area contributed by atoms with E-state index in [1.54, 1.807) is 23.1 Å². The number of ether oxygens (including phenoxy) is 2. The van der Waals surface area contributed by atoms with E-state index in [-0.39, 0.29) is 42.0 Å². The quantitative estimate of drug-likeness (QED) is 0.242. The molecule has 5 atom stereocenters. The topological polar surface area (TPSA) is 202 Å². The van der Waals surface area contributed by atoms with Gasteiger partial charge >= 0.3 is 0 Å². The number of hydrogen-bond donors (Lipinski definition) is 6. The summed E-state index contributed by atoms with van der Waals surface area (Å²) in [5, 5.41) is 20.7. The van der Waals surface area contributed by atoms with Crippen LogP contribution in [0.4, 0.5) is 0 Å². The van der Waals surface area contributed by atoms with Crippen LogP contribution >= 0.6 is 0 Å². The predicted octanol–water partition coefficient (Wildman–Crippen LogP) is -0.575. The Kier molecular flexibility index (Phi) is 7.03. The van der Waals surface area contributed by atoms with Gasteiger partial charge in [-0.25, -0.2) is 15.0 Å². The normalized spacial score (nSPS) is 28.2. The number of amides is 2. The highest BCUT2D eigenvalue weighted by Gasteiger charge is 2.65. The van der Waals surface area contributed by atoms with Crippen molar-refractivity contribution in [2.75, 3.05) is 26.3 Å². The van der Waals surface area contributed by atoms with Crippen molar-refractivity contribution in [1.82, 2.24) is 25.8 Å². The number of rotatable bonds is 7. The molecule has 0 radical (unpaired) electrons. The second-order valence-corrected chi connectivity index (χ2v) is 11.8. The van der Waals surface area contributed by atoms with E-state index in [9.17, 15) is 14.7 Å². The number of aliphatic hydroxyl groups is 1. The van der Waals surface area contributed by atoms with Crippen LogP contribution in [0.3, 0.4) is 0 Å². The first-order valence-electron chi connectivity index (χ1n) is 14.4. The van der Waals surface area contributed by atoms with Crippen molar-refractivity contribution in [2.24, 2.45) is 21.5 Å². The molecule has 14 nitrogen and oxygen atoms in total. The van der Waals surface area contributed by atoms with E-state index in [0.717, 1.165) is 12.0 Å². The van der Waals surface area contributed by atoms with E-state index >= 15 is 0 Å². The lowest BCUT2D eigenvalue weighted by Crippen LogP contribution is -2.73. The molecule has 43 heavy (non-hydrogen) atoms. The van der Waals surface area contributed by atoms with E-state index in [2.05, 4.69) is 44.8 Å². The Morgan fingerprint density at radius 2 is 2.02 bits per heavy atom. The summed E-state index contributed by atoms with van der Waals surface area (Å²) in [5.74, 6) is 0.564. The van der Waals surface area contributed by atoms with Crippen LogP contribution in [0.15, 0.2) is 46.5 Å². The summed E-state index contributed by atoms with van der Waals surface area (Å²) < 4.78 is 11.3. The van der Waals surface area contributed by atoms with Gasteiger partial charge in [0.25, 0.3) is 11.8 Å². The number of aromatic nitrogens is 1. The minimum Gasteiger partial charge on any atom is -0.492 e. The van der Waals surface area contributed by atoms with Crippen molar-refractivity contribution in [1.29, 1.82) is 0 Å². The minimum absolute atomic E-state index is 0.0557. The summed E-state index contributed by atoms with van der Waals surface area (Å²) in [6, 6.07) is 6.66. The van der Waals surface area contributed by atoms with E-state index < -0.39 is 35.8 Å². The molecule has 1 spiro atoms. The zero-order chi connectivity index (χ0) is 30.5. The maximum Gasteiger partial charge on any atom is 0.269 e. The number of pyridine rings is 1. The molecule has 0 aliphatic carbocycles. The van der Waals surface area contributed by atoms with Crippen LogP contribution in [0.5, 0.6) is 11.5 Å². The number of aliphatic hydroxyl groups excluding tert-OH is 1. The molecule has 0 bridgehead atoms. The van der Waals surface area contributed by atoms with Crippen molar-refractivity contribution in [3.05, 3.63) is 53.3 Å². The number of benzene rings is 1. The van der Waals surface area contributed by atoms with Crippen LogP contribution in [0.1, 0.15) is 53.6 Å². The predicted molar refractivity (Wildman–Crippen MR) is 158 cm³/mol. The van der Waals surface area contributed by atoms with E-state index in [1.165, 1.54) is 6.20 Å². The third-order valence-corrected chi connectivity index (χ3v) is 8.68. The van der Waals surface area contributed by atoms with E-state index in [4.69, 9.17) is 20.9 Å². The van der Waals surface area contributed by atoms with Crippen LogP contribution in [0, 0.1) is 0 Å². The summed E-state index contributed by atoms with van der Waals surface area (Å²) in [6.07, 6.45) is 1.15. The first-order chi connectivity index (χ1) is 20.5. The van der Waals surface area contributed by atoms with Gasteiger partial charge in [0, 0.05) is 18.7 Å². The highest BCUT2D eigenvalue weighted by Crippen LogP contribution is 2.42. The zero-order valence-corrected chi connectivity index (χ0v) is 24.3. The van der Waals surface area contributed by atoms with E-state index in [0.29, 0.717) is 30.3 Å². The van der Waals surface area contributed by atoms with Gasteiger partial charge in [0.2, 0.25) is 0 Å². The summed E-state index contributed by atoms with van der Waals surface area (Å²) in [5.41, 5.74) is 12.7. The molecule has 8 N–H and O–H groups in total. The Hall–Kier alpha value is -4.59. The fourth-order valence-electron chi connectivity index (χ4n) is 6.45. The van der Waals surface area contributed by atoms with Gasteiger partial charge in [0.05, 0.1) is 37.1 Å². The molecular formula is C29H37N9O5. The lowest BCUT2D eigenvalue weighted by Gasteiger charge is -2.46. The smallest absolute Gasteiger partial charge is 0.269 e. The van der Waals surface area contributed by atoms with Gasteiger partial charge in [0.15, 0.2) is 17.6 Å². The monoisotopic (exact) mass is 591 g/mol. The van der Waals surface area contributed by atoms with Gasteiger partial charge in [-0.05, 0) is 37.0 Å². The highest BCUT2D eigenvalue weighted by atomic mass is 16.5. The highest BCUT2D eigenvalue weighted by molar-refractivity contribution is 5.98. The second-order valence-electron chi connectivity index (χ2n) is 11.8. The van der Waals surface area contributed by atoms with Crippen LogP contribution < -0.4 is 36.9 Å². The zero-order valence-electron chi connectivity index (χ0n) is 24.3. The van der Waals surface area contributed by atoms with Crippen molar-refractivity contribution in [3.63, 3.8) is 0 Å². The maximum absolute atomic E-state index is 13.6.